The van der Waals surface area contributed by atoms with Gasteiger partial charge in [-0.25, -0.2) is 4.79 Å². The van der Waals surface area contributed by atoms with Gasteiger partial charge in [-0.15, -0.1) is 0 Å². The largest absolute Gasteiger partial charge is 0.454 e. The molecule has 3 amide bonds. The van der Waals surface area contributed by atoms with Gasteiger partial charge in [0.15, 0.2) is 6.61 Å². The molecule has 1 aliphatic heterocycles. The molecule has 0 radical (unpaired) electrons. The SMILES string of the molecule is CC(C)C[C@@H](C(=O)OCC(=O)Nc1ccc(Cl)cc1)N1C(=O)[C@@H]2C3c4ccccc4C(c4ccccc43)[C@@H]2C1=O. The first-order valence-corrected chi connectivity index (χ1v) is 13.9. The van der Waals surface area contributed by atoms with Crippen LogP contribution in [0.25, 0.3) is 0 Å². The molecule has 3 aliphatic carbocycles. The number of hydrogen-bond acceptors (Lipinski definition) is 5. The Balaban J connectivity index is 1.27. The maximum absolute atomic E-state index is 14.1. The van der Waals surface area contributed by atoms with Crippen molar-refractivity contribution in [2.75, 3.05) is 11.9 Å². The third-order valence-electron chi connectivity index (χ3n) is 8.23. The molecule has 3 aromatic carbocycles. The van der Waals surface area contributed by atoms with E-state index in [1.807, 2.05) is 62.4 Å². The predicted molar refractivity (Wildman–Crippen MR) is 150 cm³/mol. The van der Waals surface area contributed by atoms with Crippen LogP contribution in [0.1, 0.15) is 54.4 Å². The van der Waals surface area contributed by atoms with Crippen LogP contribution in [0, 0.1) is 17.8 Å². The number of likely N-dealkylation sites (tertiary alicyclic amines) is 1. The summed E-state index contributed by atoms with van der Waals surface area (Å²) in [5.74, 6) is -3.68. The van der Waals surface area contributed by atoms with Crippen molar-refractivity contribution < 1.29 is 23.9 Å². The monoisotopic (exact) mass is 556 g/mol. The van der Waals surface area contributed by atoms with Gasteiger partial charge in [0.2, 0.25) is 11.8 Å². The summed E-state index contributed by atoms with van der Waals surface area (Å²) >= 11 is 5.89. The molecule has 0 aromatic heterocycles. The second-order valence-corrected chi connectivity index (χ2v) is 11.6. The van der Waals surface area contributed by atoms with Crippen molar-refractivity contribution in [2.45, 2.75) is 38.1 Å². The maximum atomic E-state index is 14.1. The normalized spacial score (nSPS) is 22.9. The van der Waals surface area contributed by atoms with E-state index in [0.717, 1.165) is 27.2 Å². The second-order valence-electron chi connectivity index (χ2n) is 11.1. The van der Waals surface area contributed by atoms with Crippen molar-refractivity contribution in [1.29, 1.82) is 0 Å². The Morgan fingerprint density at radius 2 is 1.30 bits per heavy atom. The van der Waals surface area contributed by atoms with Crippen molar-refractivity contribution in [3.05, 3.63) is 100 Å². The second kappa shape index (κ2) is 10.2. The summed E-state index contributed by atoms with van der Waals surface area (Å²) in [6.45, 7) is 3.29. The fourth-order valence-corrected chi connectivity index (χ4v) is 6.85. The molecule has 1 N–H and O–H groups in total. The number of rotatable bonds is 7. The van der Waals surface area contributed by atoms with E-state index < -0.39 is 36.4 Å². The summed E-state index contributed by atoms with van der Waals surface area (Å²) < 4.78 is 5.40. The number of hydrogen-bond donors (Lipinski definition) is 1. The van der Waals surface area contributed by atoms with E-state index in [1.54, 1.807) is 24.3 Å². The average Bonchev–Trinajstić information content (AvgIpc) is 3.21. The minimum Gasteiger partial charge on any atom is -0.454 e. The molecule has 0 spiro atoms. The van der Waals surface area contributed by atoms with Crippen LogP contribution >= 0.6 is 11.6 Å². The standard InChI is InChI=1S/C32H29ClN2O5/c1-17(2)15-24(32(39)40-16-25(36)34-19-13-11-18(33)12-14-19)35-30(37)28-26-20-7-3-4-8-21(20)27(29(28)31(35)38)23-10-6-5-9-22(23)26/h3-14,17,24,26-29H,15-16H2,1-2H3,(H,34,36)/t24-,26?,27?,28-,29+/m0/s1. The number of amides is 3. The number of anilines is 1. The number of nitrogens with one attached hydrogen (secondary N) is 1. The molecule has 7 nitrogen and oxygen atoms in total. The van der Waals surface area contributed by atoms with Gasteiger partial charge in [-0.3, -0.25) is 19.3 Å². The summed E-state index contributed by atoms with van der Waals surface area (Å²) in [4.78, 5) is 55.2. The zero-order valence-corrected chi connectivity index (χ0v) is 22.9. The van der Waals surface area contributed by atoms with Crippen LogP contribution in [-0.4, -0.2) is 41.2 Å². The highest BCUT2D eigenvalue weighted by atomic mass is 35.5. The molecule has 1 saturated heterocycles. The number of nitrogens with zero attached hydrogens (tertiary/aromatic N) is 1. The molecule has 3 atom stereocenters. The van der Waals surface area contributed by atoms with E-state index >= 15 is 0 Å². The van der Waals surface area contributed by atoms with E-state index in [4.69, 9.17) is 16.3 Å². The Bertz CT molecular complexity index is 1400. The fraction of sp³-hybridized carbons (Fsp3) is 0.312. The zero-order valence-electron chi connectivity index (χ0n) is 22.2. The van der Waals surface area contributed by atoms with Gasteiger partial charge in [0.25, 0.3) is 5.91 Å². The third-order valence-corrected chi connectivity index (χ3v) is 8.49. The number of carbonyl (C=O) groups is 4. The molecule has 40 heavy (non-hydrogen) atoms. The van der Waals surface area contributed by atoms with E-state index in [0.29, 0.717) is 10.7 Å². The Hall–Kier alpha value is -3.97. The smallest absolute Gasteiger partial charge is 0.329 e. The van der Waals surface area contributed by atoms with Crippen LogP contribution < -0.4 is 5.32 Å². The van der Waals surface area contributed by atoms with Crippen molar-refractivity contribution in [2.24, 2.45) is 17.8 Å². The summed E-state index contributed by atoms with van der Waals surface area (Å²) in [5.41, 5.74) is 4.77. The molecule has 1 fully saturated rings. The number of ether oxygens (including phenoxy) is 1. The van der Waals surface area contributed by atoms with Crippen molar-refractivity contribution >= 4 is 41.0 Å². The van der Waals surface area contributed by atoms with Crippen LogP contribution in [0.15, 0.2) is 72.8 Å². The highest BCUT2D eigenvalue weighted by molar-refractivity contribution is 6.30. The molecule has 8 heteroatoms. The lowest BCUT2D eigenvalue weighted by atomic mass is 9.55. The van der Waals surface area contributed by atoms with Crippen LogP contribution in [0.5, 0.6) is 0 Å². The van der Waals surface area contributed by atoms with Gasteiger partial charge in [0, 0.05) is 22.5 Å². The Morgan fingerprint density at radius 1 is 0.825 bits per heavy atom. The molecule has 0 saturated carbocycles. The van der Waals surface area contributed by atoms with E-state index in [1.165, 1.54) is 0 Å². The van der Waals surface area contributed by atoms with Crippen LogP contribution in [0.2, 0.25) is 5.02 Å². The van der Waals surface area contributed by atoms with Crippen LogP contribution in [0.4, 0.5) is 5.69 Å². The molecule has 7 rings (SSSR count). The average molecular weight is 557 g/mol. The van der Waals surface area contributed by atoms with Crippen LogP contribution in [-0.2, 0) is 23.9 Å². The minimum absolute atomic E-state index is 0.00483. The summed E-state index contributed by atoms with van der Waals surface area (Å²) in [6, 6.07) is 21.4. The van der Waals surface area contributed by atoms with Crippen molar-refractivity contribution in [3.63, 3.8) is 0 Å². The van der Waals surface area contributed by atoms with E-state index in [2.05, 4.69) is 5.32 Å². The molecular weight excluding hydrogens is 528 g/mol. The zero-order chi connectivity index (χ0) is 28.1. The first-order chi connectivity index (χ1) is 19.3. The van der Waals surface area contributed by atoms with Crippen molar-refractivity contribution in [1.82, 2.24) is 4.90 Å². The summed E-state index contributed by atoms with van der Waals surface area (Å²) in [7, 11) is 0. The Morgan fingerprint density at radius 3 is 1.75 bits per heavy atom. The first-order valence-electron chi connectivity index (χ1n) is 13.5. The Labute approximate surface area is 237 Å². The van der Waals surface area contributed by atoms with Gasteiger partial charge < -0.3 is 10.1 Å². The van der Waals surface area contributed by atoms with Gasteiger partial charge in [-0.05, 0) is 58.9 Å². The van der Waals surface area contributed by atoms with Gasteiger partial charge in [0.05, 0.1) is 11.8 Å². The fourth-order valence-electron chi connectivity index (χ4n) is 6.72. The van der Waals surface area contributed by atoms with Gasteiger partial charge in [0.1, 0.15) is 6.04 Å². The van der Waals surface area contributed by atoms with Gasteiger partial charge in [-0.2, -0.15) is 0 Å². The summed E-state index contributed by atoms with van der Waals surface area (Å²) in [6.07, 6.45) is 0.240. The highest BCUT2D eigenvalue weighted by Gasteiger charge is 2.63. The molecule has 2 bridgehead atoms. The molecule has 0 unspecified atom stereocenters. The quantitative estimate of drug-likeness (QED) is 0.322. The van der Waals surface area contributed by atoms with Gasteiger partial charge >= 0.3 is 5.97 Å². The third kappa shape index (κ3) is 4.29. The molecule has 3 aromatic rings. The van der Waals surface area contributed by atoms with Crippen LogP contribution in [0.3, 0.4) is 0 Å². The number of carbonyl (C=O) groups excluding carboxylic acids is 4. The Kier molecular flexibility index (Phi) is 6.70. The lowest BCUT2D eigenvalue weighted by Gasteiger charge is -2.45. The molecule has 1 heterocycles. The van der Waals surface area contributed by atoms with Crippen molar-refractivity contribution in [3.8, 4) is 0 Å². The lowest BCUT2D eigenvalue weighted by Crippen LogP contribution is -2.47. The number of halogens is 1. The first kappa shape index (κ1) is 26.3. The predicted octanol–water partition coefficient (Wildman–Crippen LogP) is 5.13. The topological polar surface area (TPSA) is 92.8 Å². The molecule has 204 valence electrons. The lowest BCUT2D eigenvalue weighted by molar-refractivity contribution is -0.160. The van der Waals surface area contributed by atoms with E-state index in [9.17, 15) is 19.2 Å². The maximum Gasteiger partial charge on any atom is 0.329 e. The van der Waals surface area contributed by atoms with E-state index in [-0.39, 0.29) is 36.0 Å². The number of esters is 1. The number of imide groups is 1. The highest BCUT2D eigenvalue weighted by Crippen LogP contribution is 2.61. The summed E-state index contributed by atoms with van der Waals surface area (Å²) in [5, 5.41) is 3.18. The molecule has 4 aliphatic rings. The molecular formula is C32H29ClN2O5. The minimum atomic E-state index is -1.11. The van der Waals surface area contributed by atoms with Gasteiger partial charge in [-0.1, -0.05) is 74.0 Å². The number of benzene rings is 3.